The fraction of sp³-hybridized carbons (Fsp3) is 0.500. The topological polar surface area (TPSA) is 64.3 Å². The van der Waals surface area contributed by atoms with E-state index in [4.69, 9.17) is 10.5 Å². The van der Waals surface area contributed by atoms with Crippen LogP contribution in [0, 0.1) is 6.92 Å². The Kier molecular flexibility index (Phi) is 5.16. The zero-order valence-corrected chi connectivity index (χ0v) is 11.5. The lowest BCUT2D eigenvalue weighted by molar-refractivity contribution is -0.118. The number of benzene rings is 1. The Bertz CT molecular complexity index is 418. The van der Waals surface area contributed by atoms with Crippen molar-refractivity contribution in [2.45, 2.75) is 39.3 Å². The average molecular weight is 250 g/mol. The normalized spacial score (nSPS) is 14.0. The standard InChI is InChI=1S/C14H22N2O2/c1-9-5-6-13(18-4)12(7-9)11(3)16-10(2)8-14(15)17/h5-7,10-11,16H,8H2,1-4H3,(H2,15,17). The van der Waals surface area contributed by atoms with Gasteiger partial charge in [-0.1, -0.05) is 17.7 Å². The predicted octanol–water partition coefficient (Wildman–Crippen LogP) is 1.92. The SMILES string of the molecule is COc1ccc(C)cc1C(C)NC(C)CC(N)=O. The van der Waals surface area contributed by atoms with Crippen molar-refractivity contribution in [2.75, 3.05) is 7.11 Å². The van der Waals surface area contributed by atoms with Crippen LogP contribution >= 0.6 is 0 Å². The van der Waals surface area contributed by atoms with Crippen LogP contribution in [0.3, 0.4) is 0 Å². The van der Waals surface area contributed by atoms with E-state index in [1.807, 2.05) is 26.0 Å². The smallest absolute Gasteiger partial charge is 0.218 e. The molecule has 0 aliphatic rings. The summed E-state index contributed by atoms with van der Waals surface area (Å²) in [4.78, 5) is 10.9. The first-order valence-corrected chi connectivity index (χ1v) is 6.13. The molecule has 1 amide bonds. The minimum Gasteiger partial charge on any atom is -0.496 e. The molecule has 1 aromatic rings. The molecule has 0 bridgehead atoms. The largest absolute Gasteiger partial charge is 0.496 e. The molecule has 3 N–H and O–H groups in total. The van der Waals surface area contributed by atoms with Gasteiger partial charge in [0, 0.05) is 24.1 Å². The number of nitrogens with one attached hydrogen (secondary N) is 1. The quantitative estimate of drug-likeness (QED) is 0.810. The Morgan fingerprint density at radius 1 is 1.44 bits per heavy atom. The minimum atomic E-state index is -0.293. The van der Waals surface area contributed by atoms with Crippen LogP contribution in [0.15, 0.2) is 18.2 Å². The van der Waals surface area contributed by atoms with E-state index in [2.05, 4.69) is 18.3 Å². The molecule has 0 spiro atoms. The summed E-state index contributed by atoms with van der Waals surface area (Å²) in [5.41, 5.74) is 7.46. The highest BCUT2D eigenvalue weighted by molar-refractivity contribution is 5.74. The number of carbonyl (C=O) groups is 1. The molecular formula is C14H22N2O2. The maximum absolute atomic E-state index is 10.9. The Hall–Kier alpha value is -1.55. The Balaban J connectivity index is 2.79. The van der Waals surface area contributed by atoms with Crippen LogP contribution in [-0.4, -0.2) is 19.1 Å². The minimum absolute atomic E-state index is 0.0442. The van der Waals surface area contributed by atoms with Gasteiger partial charge in [0.2, 0.25) is 5.91 Å². The maximum atomic E-state index is 10.9. The summed E-state index contributed by atoms with van der Waals surface area (Å²) in [6, 6.07) is 6.22. The molecule has 2 unspecified atom stereocenters. The van der Waals surface area contributed by atoms with Crippen molar-refractivity contribution in [3.8, 4) is 5.75 Å². The van der Waals surface area contributed by atoms with E-state index < -0.39 is 0 Å². The predicted molar refractivity (Wildman–Crippen MR) is 72.6 cm³/mol. The van der Waals surface area contributed by atoms with Crippen molar-refractivity contribution >= 4 is 5.91 Å². The number of carbonyl (C=O) groups excluding carboxylic acids is 1. The van der Waals surface area contributed by atoms with Gasteiger partial charge in [0.1, 0.15) is 5.75 Å². The van der Waals surface area contributed by atoms with Crippen molar-refractivity contribution < 1.29 is 9.53 Å². The van der Waals surface area contributed by atoms with E-state index in [0.29, 0.717) is 6.42 Å². The highest BCUT2D eigenvalue weighted by atomic mass is 16.5. The van der Waals surface area contributed by atoms with Gasteiger partial charge in [-0.25, -0.2) is 0 Å². The van der Waals surface area contributed by atoms with Crippen LogP contribution < -0.4 is 15.8 Å². The third-order valence-electron chi connectivity index (χ3n) is 2.89. The molecule has 4 nitrogen and oxygen atoms in total. The second-order valence-electron chi connectivity index (χ2n) is 4.71. The Morgan fingerprint density at radius 3 is 2.67 bits per heavy atom. The molecule has 1 rings (SSSR count). The summed E-state index contributed by atoms with van der Waals surface area (Å²) in [6.45, 7) is 6.04. The molecular weight excluding hydrogens is 228 g/mol. The van der Waals surface area contributed by atoms with Crippen molar-refractivity contribution in [3.05, 3.63) is 29.3 Å². The van der Waals surface area contributed by atoms with E-state index in [9.17, 15) is 4.79 Å². The van der Waals surface area contributed by atoms with Crippen molar-refractivity contribution in [2.24, 2.45) is 5.73 Å². The van der Waals surface area contributed by atoms with E-state index in [1.54, 1.807) is 7.11 Å². The highest BCUT2D eigenvalue weighted by Crippen LogP contribution is 2.26. The van der Waals surface area contributed by atoms with Crippen LogP contribution in [-0.2, 0) is 4.79 Å². The summed E-state index contributed by atoms with van der Waals surface area (Å²) >= 11 is 0. The summed E-state index contributed by atoms with van der Waals surface area (Å²) < 4.78 is 5.35. The lowest BCUT2D eigenvalue weighted by Gasteiger charge is -2.21. The highest BCUT2D eigenvalue weighted by Gasteiger charge is 2.15. The second-order valence-corrected chi connectivity index (χ2v) is 4.71. The van der Waals surface area contributed by atoms with Crippen molar-refractivity contribution in [3.63, 3.8) is 0 Å². The molecule has 0 heterocycles. The van der Waals surface area contributed by atoms with Crippen molar-refractivity contribution in [1.29, 1.82) is 0 Å². The summed E-state index contributed by atoms with van der Waals surface area (Å²) in [7, 11) is 1.66. The lowest BCUT2D eigenvalue weighted by Crippen LogP contribution is -2.33. The maximum Gasteiger partial charge on any atom is 0.218 e. The summed E-state index contributed by atoms with van der Waals surface area (Å²) in [5.74, 6) is 0.560. The number of nitrogens with two attached hydrogens (primary N) is 1. The third-order valence-corrected chi connectivity index (χ3v) is 2.89. The molecule has 0 aliphatic heterocycles. The molecule has 0 saturated carbocycles. The fourth-order valence-electron chi connectivity index (χ4n) is 2.07. The van der Waals surface area contributed by atoms with E-state index in [1.165, 1.54) is 5.56 Å². The van der Waals surface area contributed by atoms with Gasteiger partial charge in [-0.3, -0.25) is 4.79 Å². The van der Waals surface area contributed by atoms with E-state index >= 15 is 0 Å². The molecule has 100 valence electrons. The average Bonchev–Trinajstić information content (AvgIpc) is 2.27. The molecule has 4 heteroatoms. The first kappa shape index (κ1) is 14.5. The van der Waals surface area contributed by atoms with E-state index in [-0.39, 0.29) is 18.0 Å². The van der Waals surface area contributed by atoms with Crippen LogP contribution in [0.25, 0.3) is 0 Å². The lowest BCUT2D eigenvalue weighted by atomic mass is 10.0. The number of amides is 1. The first-order valence-electron chi connectivity index (χ1n) is 6.13. The molecule has 0 saturated heterocycles. The summed E-state index contributed by atoms with van der Waals surface area (Å²) in [6.07, 6.45) is 0.332. The molecule has 0 aromatic heterocycles. The van der Waals surface area contributed by atoms with Gasteiger partial charge >= 0.3 is 0 Å². The van der Waals surface area contributed by atoms with Gasteiger partial charge in [-0.2, -0.15) is 0 Å². The zero-order valence-electron chi connectivity index (χ0n) is 11.5. The molecule has 0 radical (unpaired) electrons. The van der Waals surface area contributed by atoms with E-state index in [0.717, 1.165) is 11.3 Å². The van der Waals surface area contributed by atoms with Crippen LogP contribution in [0.4, 0.5) is 0 Å². The molecule has 1 aromatic carbocycles. The van der Waals surface area contributed by atoms with Crippen LogP contribution in [0.5, 0.6) is 5.75 Å². The number of aryl methyl sites for hydroxylation is 1. The number of primary amides is 1. The number of rotatable bonds is 6. The number of hydrogen-bond donors (Lipinski definition) is 2. The fourth-order valence-corrected chi connectivity index (χ4v) is 2.07. The Morgan fingerprint density at radius 2 is 2.11 bits per heavy atom. The van der Waals surface area contributed by atoms with Gasteiger partial charge < -0.3 is 15.8 Å². The second kappa shape index (κ2) is 6.40. The zero-order chi connectivity index (χ0) is 13.7. The number of ether oxygens (including phenoxy) is 1. The van der Waals surface area contributed by atoms with Crippen LogP contribution in [0.2, 0.25) is 0 Å². The third kappa shape index (κ3) is 4.04. The van der Waals surface area contributed by atoms with Crippen LogP contribution in [0.1, 0.15) is 37.4 Å². The first-order chi connectivity index (χ1) is 8.43. The van der Waals surface area contributed by atoms with Gasteiger partial charge in [0.25, 0.3) is 0 Å². The van der Waals surface area contributed by atoms with Crippen molar-refractivity contribution in [1.82, 2.24) is 5.32 Å². The Labute approximate surface area is 109 Å². The van der Waals surface area contributed by atoms with Gasteiger partial charge in [-0.15, -0.1) is 0 Å². The van der Waals surface area contributed by atoms with Gasteiger partial charge in [0.15, 0.2) is 0 Å². The molecule has 0 aliphatic carbocycles. The molecule has 18 heavy (non-hydrogen) atoms. The monoisotopic (exact) mass is 250 g/mol. The number of methoxy groups -OCH3 is 1. The summed E-state index contributed by atoms with van der Waals surface area (Å²) in [5, 5.41) is 3.35. The number of hydrogen-bond acceptors (Lipinski definition) is 3. The molecule has 0 fully saturated rings. The molecule has 2 atom stereocenters. The van der Waals surface area contributed by atoms with Gasteiger partial charge in [-0.05, 0) is 26.8 Å². The van der Waals surface area contributed by atoms with Gasteiger partial charge in [0.05, 0.1) is 7.11 Å².